The molecule has 0 fully saturated rings. The maximum Gasteiger partial charge on any atom is 0.127 e. The Labute approximate surface area is 172 Å². The van der Waals surface area contributed by atoms with Crippen LogP contribution >= 0.6 is 8.58 Å². The SMILES string of the molecule is COc1ccc2ccccc2c1-c1c(Pc2ccccc2)ccc2ccccc12. The van der Waals surface area contributed by atoms with Crippen LogP contribution in [0.1, 0.15) is 0 Å². The van der Waals surface area contributed by atoms with Gasteiger partial charge < -0.3 is 4.74 Å². The molecule has 0 aliphatic heterocycles. The molecule has 0 radical (unpaired) electrons. The molecule has 5 rings (SSSR count). The van der Waals surface area contributed by atoms with Gasteiger partial charge in [0.2, 0.25) is 0 Å². The molecule has 1 atom stereocenters. The lowest BCUT2D eigenvalue weighted by molar-refractivity contribution is 0.417. The summed E-state index contributed by atoms with van der Waals surface area (Å²) in [6.07, 6.45) is 0. The van der Waals surface area contributed by atoms with Crippen molar-refractivity contribution < 1.29 is 4.74 Å². The number of methoxy groups -OCH3 is 1. The van der Waals surface area contributed by atoms with E-state index < -0.39 is 0 Å². The van der Waals surface area contributed by atoms with Gasteiger partial charge in [-0.25, -0.2) is 0 Å². The first-order valence-corrected chi connectivity index (χ1v) is 10.7. The highest BCUT2D eigenvalue weighted by atomic mass is 31.1. The van der Waals surface area contributed by atoms with Gasteiger partial charge in [0.15, 0.2) is 0 Å². The van der Waals surface area contributed by atoms with Crippen molar-refractivity contribution in [1.29, 1.82) is 0 Å². The minimum atomic E-state index is 0.578. The van der Waals surface area contributed by atoms with Gasteiger partial charge in [0.1, 0.15) is 5.75 Å². The van der Waals surface area contributed by atoms with Gasteiger partial charge in [-0.05, 0) is 38.2 Å². The highest BCUT2D eigenvalue weighted by Gasteiger charge is 2.17. The number of hydrogen-bond acceptors (Lipinski definition) is 1. The summed E-state index contributed by atoms with van der Waals surface area (Å²) in [5, 5.41) is 7.64. The van der Waals surface area contributed by atoms with E-state index in [4.69, 9.17) is 4.74 Å². The molecule has 5 aromatic carbocycles. The van der Waals surface area contributed by atoms with Gasteiger partial charge in [0, 0.05) is 11.1 Å². The zero-order valence-corrected chi connectivity index (χ0v) is 17.2. The summed E-state index contributed by atoms with van der Waals surface area (Å²) in [5.74, 6) is 0.916. The summed E-state index contributed by atoms with van der Waals surface area (Å²) in [7, 11) is 2.34. The topological polar surface area (TPSA) is 9.23 Å². The van der Waals surface area contributed by atoms with E-state index in [2.05, 4.69) is 103 Å². The van der Waals surface area contributed by atoms with E-state index in [1.165, 1.54) is 43.3 Å². The molecule has 0 aliphatic carbocycles. The molecule has 0 bridgehead atoms. The largest absolute Gasteiger partial charge is 0.496 e. The Bertz CT molecular complexity index is 1310. The maximum absolute atomic E-state index is 5.87. The second kappa shape index (κ2) is 7.70. The van der Waals surface area contributed by atoms with Crippen LogP contribution in [0.5, 0.6) is 5.75 Å². The fraction of sp³-hybridized carbons (Fsp3) is 0.0370. The van der Waals surface area contributed by atoms with Crippen LogP contribution in [-0.2, 0) is 0 Å². The predicted octanol–water partition coefficient (Wildman–Crippen LogP) is 6.30. The molecule has 0 saturated carbocycles. The van der Waals surface area contributed by atoms with Crippen LogP contribution in [0.3, 0.4) is 0 Å². The average molecular weight is 392 g/mol. The molecule has 0 aromatic heterocycles. The zero-order valence-electron chi connectivity index (χ0n) is 16.2. The van der Waals surface area contributed by atoms with Crippen molar-refractivity contribution in [3.63, 3.8) is 0 Å². The number of fused-ring (bicyclic) bond motifs is 2. The third-order valence-corrected chi connectivity index (χ3v) is 6.65. The van der Waals surface area contributed by atoms with Crippen LogP contribution in [0.4, 0.5) is 0 Å². The Hall–Kier alpha value is -3.15. The fourth-order valence-corrected chi connectivity index (χ4v) is 5.22. The molecule has 1 unspecified atom stereocenters. The molecule has 140 valence electrons. The number of rotatable bonds is 4. The van der Waals surface area contributed by atoms with Gasteiger partial charge >= 0.3 is 0 Å². The molecule has 0 aliphatic rings. The van der Waals surface area contributed by atoms with E-state index in [0.29, 0.717) is 8.58 Å². The minimum absolute atomic E-state index is 0.578. The first-order chi connectivity index (χ1) is 14.3. The van der Waals surface area contributed by atoms with Crippen molar-refractivity contribution in [2.24, 2.45) is 0 Å². The summed E-state index contributed by atoms with van der Waals surface area (Å²) in [5.41, 5.74) is 2.46. The third-order valence-electron chi connectivity index (χ3n) is 5.34. The molecule has 0 heterocycles. The van der Waals surface area contributed by atoms with E-state index in [-0.39, 0.29) is 0 Å². The molecule has 0 spiro atoms. The van der Waals surface area contributed by atoms with Crippen LogP contribution < -0.4 is 15.3 Å². The van der Waals surface area contributed by atoms with Crippen molar-refractivity contribution in [2.75, 3.05) is 7.11 Å². The van der Waals surface area contributed by atoms with Gasteiger partial charge in [0.05, 0.1) is 7.11 Å². The van der Waals surface area contributed by atoms with E-state index in [0.717, 1.165) is 5.75 Å². The maximum atomic E-state index is 5.87. The minimum Gasteiger partial charge on any atom is -0.496 e. The Morgan fingerprint density at radius 2 is 1.14 bits per heavy atom. The van der Waals surface area contributed by atoms with Gasteiger partial charge in [-0.1, -0.05) is 106 Å². The predicted molar refractivity (Wildman–Crippen MR) is 127 cm³/mol. The van der Waals surface area contributed by atoms with Gasteiger partial charge in [-0.3, -0.25) is 0 Å². The van der Waals surface area contributed by atoms with E-state index >= 15 is 0 Å². The second-order valence-electron chi connectivity index (χ2n) is 7.06. The van der Waals surface area contributed by atoms with Crippen molar-refractivity contribution >= 4 is 40.7 Å². The van der Waals surface area contributed by atoms with E-state index in [1.807, 2.05) is 0 Å². The first kappa shape index (κ1) is 17.9. The summed E-state index contributed by atoms with van der Waals surface area (Å²) in [4.78, 5) is 0. The summed E-state index contributed by atoms with van der Waals surface area (Å²) >= 11 is 0. The van der Waals surface area contributed by atoms with Crippen molar-refractivity contribution in [3.8, 4) is 16.9 Å². The quantitative estimate of drug-likeness (QED) is 0.326. The monoisotopic (exact) mass is 392 g/mol. The standard InChI is InChI=1S/C27H21OP/c1-28-24-17-15-19-9-5-7-13-22(19)26(24)27-23-14-8-6-10-20(23)16-18-25(27)29-21-11-3-2-4-12-21/h2-18,29H,1H3. The van der Waals surface area contributed by atoms with E-state index in [9.17, 15) is 0 Å². The Balaban J connectivity index is 1.87. The van der Waals surface area contributed by atoms with Gasteiger partial charge in [0.25, 0.3) is 0 Å². The lowest BCUT2D eigenvalue weighted by atomic mass is 9.93. The molecular formula is C27H21OP. The Morgan fingerprint density at radius 3 is 1.83 bits per heavy atom. The van der Waals surface area contributed by atoms with Crippen LogP contribution in [0.15, 0.2) is 103 Å². The fourth-order valence-electron chi connectivity index (χ4n) is 4.00. The molecule has 0 amide bonds. The number of ether oxygens (including phenoxy) is 1. The Morgan fingerprint density at radius 1 is 0.552 bits per heavy atom. The first-order valence-electron chi connectivity index (χ1n) is 9.75. The zero-order chi connectivity index (χ0) is 19.6. The molecule has 1 nitrogen and oxygen atoms in total. The van der Waals surface area contributed by atoms with Gasteiger partial charge in [-0.15, -0.1) is 0 Å². The average Bonchev–Trinajstić information content (AvgIpc) is 2.79. The van der Waals surface area contributed by atoms with E-state index in [1.54, 1.807) is 7.11 Å². The third kappa shape index (κ3) is 3.28. The molecule has 2 heteroatoms. The summed E-state index contributed by atoms with van der Waals surface area (Å²) in [6, 6.07) is 36.7. The van der Waals surface area contributed by atoms with Crippen LogP contribution in [0, 0.1) is 0 Å². The molecule has 29 heavy (non-hydrogen) atoms. The lowest BCUT2D eigenvalue weighted by Crippen LogP contribution is -2.08. The summed E-state index contributed by atoms with van der Waals surface area (Å²) < 4.78 is 5.87. The van der Waals surface area contributed by atoms with Crippen molar-refractivity contribution in [3.05, 3.63) is 103 Å². The molecular weight excluding hydrogens is 371 g/mol. The summed E-state index contributed by atoms with van der Waals surface area (Å²) in [6.45, 7) is 0. The van der Waals surface area contributed by atoms with Crippen LogP contribution in [-0.4, -0.2) is 7.11 Å². The van der Waals surface area contributed by atoms with Crippen LogP contribution in [0.2, 0.25) is 0 Å². The molecule has 0 saturated heterocycles. The van der Waals surface area contributed by atoms with Crippen LogP contribution in [0.25, 0.3) is 32.7 Å². The van der Waals surface area contributed by atoms with Crippen molar-refractivity contribution in [1.82, 2.24) is 0 Å². The second-order valence-corrected chi connectivity index (χ2v) is 8.43. The number of benzene rings is 5. The Kier molecular flexibility index (Phi) is 4.76. The lowest BCUT2D eigenvalue weighted by Gasteiger charge is -2.18. The normalized spacial score (nSPS) is 11.5. The molecule has 5 aromatic rings. The highest BCUT2D eigenvalue weighted by Crippen LogP contribution is 2.41. The van der Waals surface area contributed by atoms with Crippen molar-refractivity contribution in [2.45, 2.75) is 0 Å². The van der Waals surface area contributed by atoms with Gasteiger partial charge in [-0.2, -0.15) is 0 Å². The molecule has 0 N–H and O–H groups in total. The smallest absolute Gasteiger partial charge is 0.127 e. The highest BCUT2D eigenvalue weighted by molar-refractivity contribution is 7.55. The number of hydrogen-bond donors (Lipinski definition) is 0.